The second kappa shape index (κ2) is 4.85. The van der Waals surface area contributed by atoms with Gasteiger partial charge in [-0.05, 0) is 12.1 Å². The summed E-state index contributed by atoms with van der Waals surface area (Å²) in [5, 5.41) is 10.3. The van der Waals surface area contributed by atoms with Crippen molar-refractivity contribution in [3.05, 3.63) is 28.3 Å². The van der Waals surface area contributed by atoms with Crippen LogP contribution >= 0.6 is 56.8 Å². The van der Waals surface area contributed by atoms with Gasteiger partial charge in [0.05, 0.1) is 0 Å². The molecule has 0 spiro atoms. The van der Waals surface area contributed by atoms with E-state index in [9.17, 15) is 5.11 Å². The molecule has 4 heteroatoms. The van der Waals surface area contributed by atoms with Crippen molar-refractivity contribution in [3.63, 3.8) is 0 Å². The fourth-order valence-electron chi connectivity index (χ4n) is 0.921. The summed E-state index contributed by atoms with van der Waals surface area (Å²) < 4.78 is 1.57. The molecule has 1 N–H and O–H groups in total. The molecule has 12 heavy (non-hydrogen) atoms. The molecule has 0 radical (unpaired) electrons. The minimum absolute atomic E-state index is 0.392. The first-order valence-electron chi connectivity index (χ1n) is 3.31. The number of phenolic OH excluding ortho intramolecular Hbond substituents is 1. The van der Waals surface area contributed by atoms with E-state index in [0.29, 0.717) is 10.8 Å². The molecule has 0 aliphatic rings. The Kier molecular flexibility index (Phi) is 4.39. The highest BCUT2D eigenvalue weighted by Gasteiger charge is 2.06. The van der Waals surface area contributed by atoms with Gasteiger partial charge in [-0.3, -0.25) is 0 Å². The van der Waals surface area contributed by atoms with E-state index < -0.39 is 0 Å². The predicted octanol–water partition coefficient (Wildman–Crippen LogP) is 3.92. The topological polar surface area (TPSA) is 20.2 Å². The largest absolute Gasteiger partial charge is 0.507 e. The summed E-state index contributed by atoms with van der Waals surface area (Å²) >= 11 is 10.3. The van der Waals surface area contributed by atoms with Crippen LogP contribution < -0.4 is 0 Å². The van der Waals surface area contributed by atoms with Crippen molar-refractivity contribution < 1.29 is 5.11 Å². The van der Waals surface area contributed by atoms with Gasteiger partial charge in [-0.1, -0.05) is 56.8 Å². The van der Waals surface area contributed by atoms with Crippen LogP contribution in [0.4, 0.5) is 0 Å². The maximum atomic E-state index is 9.64. The van der Waals surface area contributed by atoms with E-state index in [1.54, 1.807) is 12.1 Å². The molecule has 0 aliphatic heterocycles. The van der Waals surface area contributed by atoms with Gasteiger partial charge in [0.15, 0.2) is 0 Å². The van der Waals surface area contributed by atoms with Crippen LogP contribution in [0, 0.1) is 0 Å². The molecule has 0 bridgehead atoms. The van der Waals surface area contributed by atoms with Crippen LogP contribution in [0.5, 0.6) is 5.75 Å². The molecule has 0 saturated carbocycles. The summed E-state index contributed by atoms with van der Waals surface area (Å²) in [6.45, 7) is 0. The predicted molar refractivity (Wildman–Crippen MR) is 68.6 cm³/mol. The fourth-order valence-corrected chi connectivity index (χ4v) is 2.35. The second-order valence-electron chi connectivity index (χ2n) is 2.34. The summed E-state index contributed by atoms with van der Waals surface area (Å²) in [6.07, 6.45) is 0. The van der Waals surface area contributed by atoms with E-state index in [1.807, 2.05) is 0 Å². The molecule has 1 nitrogen and oxygen atoms in total. The quantitative estimate of drug-likeness (QED) is 0.581. The van der Waals surface area contributed by atoms with Crippen molar-refractivity contribution in [3.8, 4) is 5.75 Å². The van der Waals surface area contributed by atoms with Gasteiger partial charge < -0.3 is 5.11 Å². The second-order valence-corrected chi connectivity index (χ2v) is 4.30. The van der Waals surface area contributed by atoms with Crippen molar-refractivity contribution in [1.29, 1.82) is 0 Å². The van der Waals surface area contributed by atoms with Gasteiger partial charge in [0, 0.05) is 25.0 Å². The minimum atomic E-state index is 0.392. The lowest BCUT2D eigenvalue weighted by Gasteiger charge is -2.06. The van der Waals surface area contributed by atoms with Gasteiger partial charge in [-0.2, -0.15) is 0 Å². The number of benzene rings is 1. The summed E-state index contributed by atoms with van der Waals surface area (Å²) in [7, 11) is 0. The van der Waals surface area contributed by atoms with Crippen LogP contribution in [0.1, 0.15) is 11.1 Å². The third kappa shape index (κ3) is 2.38. The van der Waals surface area contributed by atoms with Crippen molar-refractivity contribution in [2.45, 2.75) is 8.86 Å². The maximum absolute atomic E-state index is 9.64. The summed E-state index contributed by atoms with van der Waals surface area (Å²) in [5.74, 6) is 0.392. The Hall–Kier alpha value is 0.770. The van der Waals surface area contributed by atoms with Crippen LogP contribution in [0.15, 0.2) is 12.1 Å². The van der Waals surface area contributed by atoms with Gasteiger partial charge >= 0.3 is 0 Å². The number of hydrogen-bond acceptors (Lipinski definition) is 1. The van der Waals surface area contributed by atoms with E-state index in [-0.39, 0.29) is 0 Å². The molecule has 1 rings (SSSR count). The maximum Gasteiger partial charge on any atom is 0.123 e. The average Bonchev–Trinajstić information content (AvgIpc) is 2.08. The zero-order valence-corrected chi connectivity index (χ0v) is 11.2. The van der Waals surface area contributed by atoms with Crippen LogP contribution in [0.3, 0.4) is 0 Å². The molecule has 0 heterocycles. The lowest BCUT2D eigenvalue weighted by atomic mass is 10.1. The highest BCUT2D eigenvalue weighted by Crippen LogP contribution is 2.30. The normalized spacial score (nSPS) is 10.2. The van der Waals surface area contributed by atoms with E-state index in [1.165, 1.54) is 0 Å². The molecule has 1 aromatic rings. The lowest BCUT2D eigenvalue weighted by molar-refractivity contribution is 0.466. The molecule has 0 atom stereocenters. The number of phenols is 1. The Morgan fingerprint density at radius 2 is 1.58 bits per heavy atom. The van der Waals surface area contributed by atoms with Crippen LogP contribution in [-0.2, 0) is 8.86 Å². The van der Waals surface area contributed by atoms with Crippen LogP contribution in [0.2, 0.25) is 5.02 Å². The molecular formula is C8H7ClI2O. The Balaban J connectivity index is 3.22. The molecule has 0 saturated heterocycles. The summed E-state index contributed by atoms with van der Waals surface area (Å²) in [6, 6.07) is 3.61. The Labute approximate surface area is 104 Å². The van der Waals surface area contributed by atoms with E-state index in [0.717, 1.165) is 20.0 Å². The Bertz CT molecular complexity index is 263. The molecule has 0 amide bonds. The van der Waals surface area contributed by atoms with Crippen molar-refractivity contribution >= 4 is 56.8 Å². The molecule has 0 fully saturated rings. The van der Waals surface area contributed by atoms with Crippen molar-refractivity contribution in [2.75, 3.05) is 0 Å². The monoisotopic (exact) mass is 408 g/mol. The standard InChI is InChI=1S/C8H7ClI2O/c9-7-1-5(3-10)8(12)6(2-7)4-11/h1-2,12H,3-4H2. The summed E-state index contributed by atoms with van der Waals surface area (Å²) in [5.41, 5.74) is 1.82. The van der Waals surface area contributed by atoms with Crippen molar-refractivity contribution in [1.82, 2.24) is 0 Å². The third-order valence-corrected chi connectivity index (χ3v) is 3.38. The summed E-state index contributed by atoms with van der Waals surface area (Å²) in [4.78, 5) is 0. The zero-order chi connectivity index (χ0) is 9.14. The molecule has 0 aromatic heterocycles. The van der Waals surface area contributed by atoms with E-state index >= 15 is 0 Å². The van der Waals surface area contributed by atoms with E-state index in [2.05, 4.69) is 45.2 Å². The molecule has 0 unspecified atom stereocenters. The molecule has 66 valence electrons. The first kappa shape index (κ1) is 10.8. The SMILES string of the molecule is Oc1c(CI)cc(Cl)cc1CI. The number of aromatic hydroxyl groups is 1. The molecule has 1 aromatic carbocycles. The number of rotatable bonds is 2. The van der Waals surface area contributed by atoms with Crippen LogP contribution in [-0.4, -0.2) is 5.11 Å². The number of alkyl halides is 2. The lowest BCUT2D eigenvalue weighted by Crippen LogP contribution is -1.85. The minimum Gasteiger partial charge on any atom is -0.507 e. The first-order valence-corrected chi connectivity index (χ1v) is 6.74. The van der Waals surface area contributed by atoms with Gasteiger partial charge in [-0.15, -0.1) is 0 Å². The van der Waals surface area contributed by atoms with Gasteiger partial charge in [-0.25, -0.2) is 0 Å². The van der Waals surface area contributed by atoms with E-state index in [4.69, 9.17) is 11.6 Å². The molecule has 0 aliphatic carbocycles. The fraction of sp³-hybridized carbons (Fsp3) is 0.250. The Morgan fingerprint density at radius 1 is 1.17 bits per heavy atom. The molecular weight excluding hydrogens is 401 g/mol. The van der Waals surface area contributed by atoms with Crippen molar-refractivity contribution in [2.24, 2.45) is 0 Å². The Morgan fingerprint density at radius 3 is 1.92 bits per heavy atom. The van der Waals surface area contributed by atoms with Crippen LogP contribution in [0.25, 0.3) is 0 Å². The van der Waals surface area contributed by atoms with Gasteiger partial charge in [0.25, 0.3) is 0 Å². The zero-order valence-electron chi connectivity index (χ0n) is 6.15. The first-order chi connectivity index (χ1) is 5.69. The highest BCUT2D eigenvalue weighted by molar-refractivity contribution is 14.1. The number of hydrogen-bond donors (Lipinski definition) is 1. The number of halogens is 3. The smallest absolute Gasteiger partial charge is 0.123 e. The van der Waals surface area contributed by atoms with Gasteiger partial charge in [0.1, 0.15) is 5.75 Å². The highest BCUT2D eigenvalue weighted by atomic mass is 127. The average molecular weight is 408 g/mol. The third-order valence-electron chi connectivity index (χ3n) is 1.52. The van der Waals surface area contributed by atoms with Gasteiger partial charge in [0.2, 0.25) is 0 Å².